The first-order chi connectivity index (χ1) is 7.63. The maximum Gasteiger partial charge on any atom is 0.338 e. The van der Waals surface area contributed by atoms with Crippen LogP contribution in [0.2, 0.25) is 0 Å². The molecule has 0 bridgehead atoms. The molecule has 1 aromatic rings. The number of nitrogens with zero attached hydrogens (tertiary/aromatic N) is 1. The van der Waals surface area contributed by atoms with Gasteiger partial charge in [-0.3, -0.25) is 0 Å². The van der Waals surface area contributed by atoms with Crippen LogP contribution in [0.25, 0.3) is 0 Å². The summed E-state index contributed by atoms with van der Waals surface area (Å²) in [5, 5.41) is 8.62. The van der Waals surface area contributed by atoms with Gasteiger partial charge in [0.15, 0.2) is 0 Å². The van der Waals surface area contributed by atoms with Gasteiger partial charge in [0.2, 0.25) is 0 Å². The molecule has 3 nitrogen and oxygen atoms in total. The fourth-order valence-corrected chi connectivity index (χ4v) is 1.43. The number of benzene rings is 1. The van der Waals surface area contributed by atoms with E-state index in [9.17, 15) is 9.18 Å². The molecule has 0 heterocycles. The highest BCUT2D eigenvalue weighted by Crippen LogP contribution is 2.18. The van der Waals surface area contributed by atoms with Crippen molar-refractivity contribution in [1.29, 1.82) is 5.26 Å². The molecule has 0 spiro atoms. The van der Waals surface area contributed by atoms with E-state index < -0.39 is 11.8 Å². The van der Waals surface area contributed by atoms with Crippen LogP contribution in [0.3, 0.4) is 0 Å². The minimum atomic E-state index is -0.751. The second-order valence-corrected chi connectivity index (χ2v) is 3.22. The second kappa shape index (κ2) is 5.47. The predicted molar refractivity (Wildman–Crippen MR) is 56.6 cm³/mol. The molecule has 0 radical (unpaired) electrons. The largest absolute Gasteiger partial charge is 0.462 e. The third kappa shape index (κ3) is 2.50. The van der Waals surface area contributed by atoms with Crippen LogP contribution >= 0.6 is 11.6 Å². The average molecular weight is 242 g/mol. The molecule has 0 aromatic heterocycles. The van der Waals surface area contributed by atoms with Crippen LogP contribution < -0.4 is 0 Å². The highest BCUT2D eigenvalue weighted by Gasteiger charge is 2.16. The topological polar surface area (TPSA) is 50.1 Å². The molecule has 5 heteroatoms. The van der Waals surface area contributed by atoms with E-state index in [0.29, 0.717) is 5.56 Å². The van der Waals surface area contributed by atoms with E-state index in [2.05, 4.69) is 0 Å². The van der Waals surface area contributed by atoms with Crippen molar-refractivity contribution in [3.63, 3.8) is 0 Å². The number of carbonyl (C=O) groups is 1. The van der Waals surface area contributed by atoms with Crippen molar-refractivity contribution in [1.82, 2.24) is 0 Å². The fraction of sp³-hybridized carbons (Fsp3) is 0.273. The van der Waals surface area contributed by atoms with Gasteiger partial charge in [-0.15, -0.1) is 11.6 Å². The number of alkyl halides is 1. The summed E-state index contributed by atoms with van der Waals surface area (Å²) in [6.07, 6.45) is 0. The lowest BCUT2D eigenvalue weighted by molar-refractivity contribution is 0.0525. The number of carbonyl (C=O) groups excluding carboxylic acids is 1. The van der Waals surface area contributed by atoms with Crippen molar-refractivity contribution in [3.05, 3.63) is 34.6 Å². The molecule has 0 aliphatic carbocycles. The van der Waals surface area contributed by atoms with Gasteiger partial charge in [0.05, 0.1) is 17.7 Å². The normalized spacial score (nSPS) is 9.62. The number of rotatable bonds is 3. The molecule has 0 amide bonds. The fourth-order valence-electron chi connectivity index (χ4n) is 1.21. The van der Waals surface area contributed by atoms with Crippen molar-refractivity contribution in [2.45, 2.75) is 12.8 Å². The first-order valence-electron chi connectivity index (χ1n) is 4.59. The zero-order chi connectivity index (χ0) is 12.1. The Balaban J connectivity index is 3.24. The molecule has 1 aromatic carbocycles. The Morgan fingerprint density at radius 2 is 2.31 bits per heavy atom. The minimum Gasteiger partial charge on any atom is -0.462 e. The summed E-state index contributed by atoms with van der Waals surface area (Å²) in [7, 11) is 0. The Hall–Kier alpha value is -1.60. The lowest BCUT2D eigenvalue weighted by Crippen LogP contribution is -2.09. The van der Waals surface area contributed by atoms with Gasteiger partial charge in [0.1, 0.15) is 11.9 Å². The first-order valence-corrected chi connectivity index (χ1v) is 5.13. The van der Waals surface area contributed by atoms with E-state index in [1.807, 2.05) is 0 Å². The lowest BCUT2D eigenvalue weighted by Gasteiger charge is -2.07. The number of hydrogen-bond donors (Lipinski definition) is 0. The Bertz CT molecular complexity index is 454. The highest BCUT2D eigenvalue weighted by atomic mass is 35.5. The van der Waals surface area contributed by atoms with E-state index in [0.717, 1.165) is 6.07 Å². The minimum absolute atomic E-state index is 0.0170. The molecule has 84 valence electrons. The van der Waals surface area contributed by atoms with Crippen LogP contribution in [-0.4, -0.2) is 12.6 Å². The summed E-state index contributed by atoms with van der Waals surface area (Å²) >= 11 is 5.62. The third-order valence-corrected chi connectivity index (χ3v) is 2.24. The van der Waals surface area contributed by atoms with E-state index in [1.165, 1.54) is 6.07 Å². The Kier molecular flexibility index (Phi) is 4.27. The highest BCUT2D eigenvalue weighted by molar-refractivity contribution is 6.17. The summed E-state index contributed by atoms with van der Waals surface area (Å²) in [4.78, 5) is 11.4. The van der Waals surface area contributed by atoms with Crippen LogP contribution in [0.15, 0.2) is 12.1 Å². The van der Waals surface area contributed by atoms with Crippen molar-refractivity contribution >= 4 is 17.6 Å². The quantitative estimate of drug-likeness (QED) is 0.604. The first kappa shape index (κ1) is 12.5. The summed E-state index contributed by atoms with van der Waals surface area (Å²) in [6, 6.07) is 3.92. The third-order valence-electron chi connectivity index (χ3n) is 1.95. The average Bonchev–Trinajstić information content (AvgIpc) is 2.29. The number of hydrogen-bond acceptors (Lipinski definition) is 3. The number of halogens is 2. The van der Waals surface area contributed by atoms with Gasteiger partial charge >= 0.3 is 5.97 Å². The zero-order valence-electron chi connectivity index (χ0n) is 8.59. The summed E-state index contributed by atoms with van der Waals surface area (Å²) in [5.41, 5.74) is 0.315. The van der Waals surface area contributed by atoms with E-state index in [1.54, 1.807) is 13.0 Å². The molecule has 16 heavy (non-hydrogen) atoms. The van der Waals surface area contributed by atoms with E-state index in [4.69, 9.17) is 21.6 Å². The summed E-state index contributed by atoms with van der Waals surface area (Å²) < 4.78 is 18.0. The molecule has 0 aliphatic rings. The van der Waals surface area contributed by atoms with E-state index in [-0.39, 0.29) is 23.6 Å². The van der Waals surface area contributed by atoms with Crippen LogP contribution in [0.4, 0.5) is 4.39 Å². The van der Waals surface area contributed by atoms with Gasteiger partial charge in [-0.2, -0.15) is 5.26 Å². The second-order valence-electron chi connectivity index (χ2n) is 2.96. The predicted octanol–water partition coefficient (Wildman–Crippen LogP) is 2.61. The van der Waals surface area contributed by atoms with Gasteiger partial charge in [-0.25, -0.2) is 9.18 Å². The molecule has 0 saturated heterocycles. The van der Waals surface area contributed by atoms with Crippen LogP contribution in [0.5, 0.6) is 0 Å². The van der Waals surface area contributed by atoms with Gasteiger partial charge in [0, 0.05) is 5.88 Å². The molecule has 0 atom stereocenters. The van der Waals surface area contributed by atoms with Gasteiger partial charge in [-0.1, -0.05) is 0 Å². The van der Waals surface area contributed by atoms with Crippen molar-refractivity contribution in [2.24, 2.45) is 0 Å². The van der Waals surface area contributed by atoms with Crippen molar-refractivity contribution in [2.75, 3.05) is 6.61 Å². The standard InChI is InChI=1S/C11H9ClFNO2/c1-2-16-11(15)9-4-10(13)8(6-14)3-7(9)5-12/h3-4H,2,5H2,1H3. The van der Waals surface area contributed by atoms with Crippen molar-refractivity contribution in [3.8, 4) is 6.07 Å². The molecular weight excluding hydrogens is 233 g/mol. The zero-order valence-corrected chi connectivity index (χ0v) is 9.34. The van der Waals surface area contributed by atoms with Gasteiger partial charge < -0.3 is 4.74 Å². The van der Waals surface area contributed by atoms with Gasteiger partial charge in [0.25, 0.3) is 0 Å². The molecule has 0 saturated carbocycles. The molecular formula is C11H9ClFNO2. The lowest BCUT2D eigenvalue weighted by atomic mass is 10.1. The molecule has 0 unspecified atom stereocenters. The van der Waals surface area contributed by atoms with E-state index >= 15 is 0 Å². The van der Waals surface area contributed by atoms with Gasteiger partial charge in [-0.05, 0) is 24.6 Å². The smallest absolute Gasteiger partial charge is 0.338 e. The SMILES string of the molecule is CCOC(=O)c1cc(F)c(C#N)cc1CCl. The van der Waals surface area contributed by atoms with Crippen LogP contribution in [-0.2, 0) is 10.6 Å². The summed E-state index contributed by atoms with van der Waals surface area (Å²) in [5.74, 6) is -1.37. The number of nitriles is 1. The molecule has 0 fully saturated rings. The molecule has 1 rings (SSSR count). The maximum atomic E-state index is 13.3. The Labute approximate surface area is 97.4 Å². The Morgan fingerprint density at radius 1 is 1.62 bits per heavy atom. The monoisotopic (exact) mass is 241 g/mol. The van der Waals surface area contributed by atoms with Crippen molar-refractivity contribution < 1.29 is 13.9 Å². The maximum absolute atomic E-state index is 13.3. The number of esters is 1. The molecule has 0 N–H and O–H groups in total. The van der Waals surface area contributed by atoms with Crippen LogP contribution in [0.1, 0.15) is 28.4 Å². The van der Waals surface area contributed by atoms with Crippen LogP contribution in [0, 0.1) is 17.1 Å². The molecule has 0 aliphatic heterocycles. The number of ether oxygens (including phenoxy) is 1. The summed E-state index contributed by atoms with van der Waals surface area (Å²) in [6.45, 7) is 1.85. The Morgan fingerprint density at radius 3 is 2.81 bits per heavy atom.